The van der Waals surface area contributed by atoms with Crippen LogP contribution in [0.1, 0.15) is 28.3 Å². The average molecular weight is 328 g/mol. The van der Waals surface area contributed by atoms with Crippen molar-refractivity contribution in [2.45, 2.75) is 32.9 Å². The summed E-state index contributed by atoms with van der Waals surface area (Å²) in [7, 11) is 0. The van der Waals surface area contributed by atoms with Gasteiger partial charge in [-0.3, -0.25) is 0 Å². The smallest absolute Gasteiger partial charge is 0.257 e. The van der Waals surface area contributed by atoms with Crippen molar-refractivity contribution in [3.8, 4) is 5.75 Å². The van der Waals surface area contributed by atoms with Crippen molar-refractivity contribution in [3.05, 3.63) is 64.7 Å². The van der Waals surface area contributed by atoms with E-state index in [0.717, 1.165) is 22.4 Å². The van der Waals surface area contributed by atoms with Gasteiger partial charge in [-0.05, 0) is 36.1 Å². The molecular formula is C17H20ClF2NO. The van der Waals surface area contributed by atoms with Crippen LogP contribution < -0.4 is 10.5 Å². The van der Waals surface area contributed by atoms with Gasteiger partial charge >= 0.3 is 0 Å². The van der Waals surface area contributed by atoms with Crippen LogP contribution in [0.5, 0.6) is 5.75 Å². The molecule has 0 heterocycles. The van der Waals surface area contributed by atoms with Crippen molar-refractivity contribution in [1.82, 2.24) is 0 Å². The van der Waals surface area contributed by atoms with Crippen LogP contribution in [-0.4, -0.2) is 6.43 Å². The first-order chi connectivity index (χ1) is 9.99. The van der Waals surface area contributed by atoms with Crippen molar-refractivity contribution in [2.24, 2.45) is 5.73 Å². The van der Waals surface area contributed by atoms with Gasteiger partial charge in [0.1, 0.15) is 12.4 Å². The maximum atomic E-state index is 12.7. The van der Waals surface area contributed by atoms with Crippen LogP contribution in [0.25, 0.3) is 0 Å². The van der Waals surface area contributed by atoms with E-state index in [4.69, 9.17) is 10.5 Å². The Morgan fingerprint density at radius 1 is 1.05 bits per heavy atom. The van der Waals surface area contributed by atoms with Gasteiger partial charge in [0.05, 0.1) is 6.04 Å². The highest BCUT2D eigenvalue weighted by molar-refractivity contribution is 5.85. The summed E-state index contributed by atoms with van der Waals surface area (Å²) < 4.78 is 31.2. The topological polar surface area (TPSA) is 35.2 Å². The zero-order valence-corrected chi connectivity index (χ0v) is 13.4. The minimum atomic E-state index is -2.57. The first kappa shape index (κ1) is 18.4. The fourth-order valence-corrected chi connectivity index (χ4v) is 2.28. The van der Waals surface area contributed by atoms with Crippen LogP contribution in [0, 0.1) is 13.8 Å². The number of alkyl halides is 2. The first-order valence-corrected chi connectivity index (χ1v) is 6.80. The molecule has 0 bridgehead atoms. The summed E-state index contributed by atoms with van der Waals surface area (Å²) >= 11 is 0. The molecule has 0 fully saturated rings. The number of aryl methyl sites for hydroxylation is 2. The molecule has 0 aliphatic rings. The summed E-state index contributed by atoms with van der Waals surface area (Å²) in [5.74, 6) is 0.726. The molecule has 0 saturated heterocycles. The Balaban J connectivity index is 0.00000242. The summed E-state index contributed by atoms with van der Waals surface area (Å²) in [4.78, 5) is 0. The maximum absolute atomic E-state index is 12.7. The zero-order valence-electron chi connectivity index (χ0n) is 12.6. The summed E-state index contributed by atoms with van der Waals surface area (Å²) in [6.07, 6.45) is -2.57. The number of nitrogens with two attached hydrogens (primary N) is 1. The van der Waals surface area contributed by atoms with Crippen molar-refractivity contribution >= 4 is 12.4 Å². The van der Waals surface area contributed by atoms with Crippen molar-refractivity contribution in [3.63, 3.8) is 0 Å². The zero-order chi connectivity index (χ0) is 15.4. The van der Waals surface area contributed by atoms with E-state index < -0.39 is 12.5 Å². The third-order valence-electron chi connectivity index (χ3n) is 3.37. The van der Waals surface area contributed by atoms with Crippen molar-refractivity contribution in [1.29, 1.82) is 0 Å². The Morgan fingerprint density at radius 3 is 2.09 bits per heavy atom. The van der Waals surface area contributed by atoms with Gasteiger partial charge in [0, 0.05) is 0 Å². The Kier molecular flexibility index (Phi) is 6.78. The molecule has 2 aromatic rings. The van der Waals surface area contributed by atoms with Gasteiger partial charge in [-0.2, -0.15) is 0 Å². The van der Waals surface area contributed by atoms with Crippen LogP contribution >= 0.6 is 12.4 Å². The summed E-state index contributed by atoms with van der Waals surface area (Å²) in [5, 5.41) is 0. The summed E-state index contributed by atoms with van der Waals surface area (Å²) in [6, 6.07) is 11.9. The van der Waals surface area contributed by atoms with E-state index in [0.29, 0.717) is 12.2 Å². The molecule has 0 unspecified atom stereocenters. The average Bonchev–Trinajstić information content (AvgIpc) is 2.46. The predicted molar refractivity (Wildman–Crippen MR) is 86.9 cm³/mol. The van der Waals surface area contributed by atoms with Gasteiger partial charge in [0.15, 0.2) is 0 Å². The molecule has 2 rings (SSSR count). The van der Waals surface area contributed by atoms with Crippen LogP contribution in [0.15, 0.2) is 42.5 Å². The quantitative estimate of drug-likeness (QED) is 0.873. The van der Waals surface area contributed by atoms with Gasteiger partial charge in [-0.1, -0.05) is 42.5 Å². The number of hydrogen-bond donors (Lipinski definition) is 1. The van der Waals surface area contributed by atoms with E-state index in [2.05, 4.69) is 0 Å². The monoisotopic (exact) mass is 327 g/mol. The van der Waals surface area contributed by atoms with Crippen LogP contribution in [0.2, 0.25) is 0 Å². The number of hydrogen-bond acceptors (Lipinski definition) is 2. The van der Waals surface area contributed by atoms with E-state index in [1.807, 2.05) is 44.2 Å². The Hall–Kier alpha value is -1.65. The maximum Gasteiger partial charge on any atom is 0.257 e. The molecule has 0 spiro atoms. The van der Waals surface area contributed by atoms with Crippen LogP contribution in [-0.2, 0) is 6.61 Å². The molecule has 0 aliphatic carbocycles. The highest BCUT2D eigenvalue weighted by Crippen LogP contribution is 2.29. The Labute approximate surface area is 135 Å². The lowest BCUT2D eigenvalue weighted by Crippen LogP contribution is -2.19. The molecule has 1 atom stereocenters. The lowest BCUT2D eigenvalue weighted by molar-refractivity contribution is 0.116. The second-order valence-electron chi connectivity index (χ2n) is 5.12. The lowest BCUT2D eigenvalue weighted by atomic mass is 10.0. The second kappa shape index (κ2) is 8.11. The molecule has 0 radical (unpaired) electrons. The van der Waals surface area contributed by atoms with E-state index >= 15 is 0 Å². The van der Waals surface area contributed by atoms with Gasteiger partial charge in [-0.25, -0.2) is 8.78 Å². The number of halogens is 3. The first-order valence-electron chi connectivity index (χ1n) is 6.80. The highest BCUT2D eigenvalue weighted by Gasteiger charge is 2.19. The number of ether oxygens (including phenoxy) is 1. The molecule has 0 amide bonds. The molecule has 0 saturated carbocycles. The molecule has 2 N–H and O–H groups in total. The largest absolute Gasteiger partial charge is 0.488 e. The molecule has 5 heteroatoms. The minimum Gasteiger partial charge on any atom is -0.488 e. The van der Waals surface area contributed by atoms with Crippen LogP contribution in [0.4, 0.5) is 8.78 Å². The summed E-state index contributed by atoms with van der Waals surface area (Å²) in [5.41, 5.74) is 8.63. The Morgan fingerprint density at radius 2 is 1.59 bits per heavy atom. The molecule has 2 nitrogen and oxygen atoms in total. The highest BCUT2D eigenvalue weighted by atomic mass is 35.5. The third-order valence-corrected chi connectivity index (χ3v) is 3.37. The summed E-state index contributed by atoms with van der Waals surface area (Å²) in [6.45, 7) is 4.13. The molecule has 0 aromatic heterocycles. The normalized spacial score (nSPS) is 11.9. The van der Waals surface area contributed by atoms with Crippen molar-refractivity contribution < 1.29 is 13.5 Å². The minimum absolute atomic E-state index is 0. The molecule has 2 aromatic carbocycles. The third kappa shape index (κ3) is 4.42. The molecule has 0 aliphatic heterocycles. The van der Waals surface area contributed by atoms with Gasteiger partial charge < -0.3 is 10.5 Å². The number of benzene rings is 2. The molecule has 22 heavy (non-hydrogen) atoms. The second-order valence-corrected chi connectivity index (χ2v) is 5.12. The van der Waals surface area contributed by atoms with Gasteiger partial charge in [0.2, 0.25) is 0 Å². The predicted octanol–water partition coefficient (Wildman–Crippen LogP) is 4.57. The van der Waals surface area contributed by atoms with Crippen LogP contribution in [0.3, 0.4) is 0 Å². The fraction of sp³-hybridized carbons (Fsp3) is 0.294. The molecule has 120 valence electrons. The Bertz CT molecular complexity index is 582. The molecular weight excluding hydrogens is 308 g/mol. The number of rotatable bonds is 5. The fourth-order valence-electron chi connectivity index (χ4n) is 2.28. The van der Waals surface area contributed by atoms with E-state index in [1.165, 1.54) is 0 Å². The van der Waals surface area contributed by atoms with Gasteiger partial charge in [0.25, 0.3) is 6.43 Å². The van der Waals surface area contributed by atoms with E-state index in [-0.39, 0.29) is 12.4 Å². The SMILES string of the molecule is Cc1cc([C@H](N)C(F)F)cc(C)c1OCc1ccccc1.Cl. The lowest BCUT2D eigenvalue weighted by Gasteiger charge is -2.17. The standard InChI is InChI=1S/C17H19F2NO.ClH/c1-11-8-14(15(20)17(18)19)9-12(2)16(11)21-10-13-6-4-3-5-7-13;/h3-9,15,17H,10,20H2,1-2H3;1H/t15-;/m0./s1. The van der Waals surface area contributed by atoms with E-state index in [1.54, 1.807) is 12.1 Å². The van der Waals surface area contributed by atoms with Gasteiger partial charge in [-0.15, -0.1) is 12.4 Å². The van der Waals surface area contributed by atoms with Crippen molar-refractivity contribution in [2.75, 3.05) is 0 Å². The van der Waals surface area contributed by atoms with E-state index in [9.17, 15) is 8.78 Å².